The van der Waals surface area contributed by atoms with Crippen LogP contribution < -0.4 is 0 Å². The van der Waals surface area contributed by atoms with E-state index in [1.54, 1.807) is 0 Å². The number of hydrogen-bond acceptors (Lipinski definition) is 1. The second-order valence-electron chi connectivity index (χ2n) is 6.00. The van der Waals surface area contributed by atoms with E-state index in [0.717, 1.165) is 17.0 Å². The van der Waals surface area contributed by atoms with Crippen LogP contribution in [0.4, 0.5) is 0 Å². The lowest BCUT2D eigenvalue weighted by Gasteiger charge is -2.15. The topological polar surface area (TPSA) is 12.9 Å². The van der Waals surface area contributed by atoms with Gasteiger partial charge in [-0.2, -0.15) is 0 Å². The summed E-state index contributed by atoms with van der Waals surface area (Å²) >= 11 is 0. The molecule has 1 aromatic heterocycles. The molecule has 3 aromatic carbocycles. The van der Waals surface area contributed by atoms with Crippen LogP contribution in [0.1, 0.15) is 12.6 Å². The first-order valence-electron chi connectivity index (χ1n) is 8.55. The minimum Gasteiger partial charge on any atom is -0.247 e. The fraction of sp³-hybridized carbons (Fsp3) is 0.0417. The maximum atomic E-state index is 5.05. The van der Waals surface area contributed by atoms with E-state index in [1.165, 1.54) is 21.9 Å². The van der Waals surface area contributed by atoms with Crippen LogP contribution in [0.25, 0.3) is 39.2 Å². The largest absolute Gasteiger partial charge is 0.247 e. The summed E-state index contributed by atoms with van der Waals surface area (Å²) in [5.41, 5.74) is 5.56. The molecule has 0 N–H and O–H groups in total. The minimum atomic E-state index is 1.01. The van der Waals surface area contributed by atoms with Gasteiger partial charge in [-0.25, -0.2) is 4.98 Å². The van der Waals surface area contributed by atoms with Gasteiger partial charge in [0.05, 0.1) is 11.4 Å². The Labute approximate surface area is 148 Å². The number of allylic oxidation sites excluding steroid dienone is 1. The summed E-state index contributed by atoms with van der Waals surface area (Å²) in [7, 11) is 0. The number of nitrogens with zero attached hydrogens (tertiary/aromatic N) is 1. The molecule has 0 aliphatic rings. The van der Waals surface area contributed by atoms with Crippen LogP contribution in [-0.4, -0.2) is 4.98 Å². The van der Waals surface area contributed by atoms with Crippen molar-refractivity contribution >= 4 is 16.8 Å². The van der Waals surface area contributed by atoms with Gasteiger partial charge in [0.25, 0.3) is 0 Å². The number of rotatable bonds is 3. The average Bonchev–Trinajstić information content (AvgIpc) is 2.69. The van der Waals surface area contributed by atoms with Crippen molar-refractivity contribution < 1.29 is 0 Å². The van der Waals surface area contributed by atoms with Gasteiger partial charge in [-0.1, -0.05) is 91.0 Å². The van der Waals surface area contributed by atoms with Crippen molar-refractivity contribution in [2.24, 2.45) is 0 Å². The van der Waals surface area contributed by atoms with E-state index >= 15 is 0 Å². The second kappa shape index (κ2) is 6.74. The highest BCUT2D eigenvalue weighted by molar-refractivity contribution is 6.05. The third-order valence-corrected chi connectivity index (χ3v) is 4.38. The lowest BCUT2D eigenvalue weighted by molar-refractivity contribution is 1.32. The van der Waals surface area contributed by atoms with E-state index in [0.29, 0.717) is 0 Å². The summed E-state index contributed by atoms with van der Waals surface area (Å²) in [5.74, 6) is 0. The van der Waals surface area contributed by atoms with Crippen molar-refractivity contribution in [2.45, 2.75) is 6.92 Å². The molecule has 0 amide bonds. The molecule has 4 rings (SSSR count). The lowest BCUT2D eigenvalue weighted by atomic mass is 9.93. The van der Waals surface area contributed by atoms with Crippen LogP contribution >= 0.6 is 0 Å². The van der Waals surface area contributed by atoms with Crippen LogP contribution in [0.3, 0.4) is 0 Å². The highest BCUT2D eigenvalue weighted by atomic mass is 14.7. The van der Waals surface area contributed by atoms with Gasteiger partial charge in [0.15, 0.2) is 0 Å². The van der Waals surface area contributed by atoms with Gasteiger partial charge in [0, 0.05) is 16.5 Å². The van der Waals surface area contributed by atoms with E-state index in [-0.39, 0.29) is 0 Å². The molecule has 1 heteroatoms. The Balaban J connectivity index is 2.15. The summed E-state index contributed by atoms with van der Waals surface area (Å²) in [4.78, 5) is 5.05. The molecule has 0 radical (unpaired) electrons. The molecule has 4 aromatic rings. The number of fused-ring (bicyclic) bond motifs is 1. The van der Waals surface area contributed by atoms with Crippen molar-refractivity contribution in [3.05, 3.63) is 96.7 Å². The van der Waals surface area contributed by atoms with Crippen molar-refractivity contribution in [2.75, 3.05) is 0 Å². The van der Waals surface area contributed by atoms with Crippen LogP contribution in [0.5, 0.6) is 0 Å². The standard InChI is InChI=1S/C24H19N/c1-2-11-22-20-16-9-10-17-21(20)23(18-12-5-3-6-13-18)24(25-22)19-14-7-4-8-15-19/h2-17H,1H3/b11-2-. The van der Waals surface area contributed by atoms with Gasteiger partial charge in [0.1, 0.15) is 0 Å². The third kappa shape index (κ3) is 2.85. The Kier molecular flexibility index (Phi) is 4.14. The number of hydrogen-bond donors (Lipinski definition) is 0. The zero-order chi connectivity index (χ0) is 17.1. The molecule has 0 saturated heterocycles. The molecule has 1 nitrogen and oxygen atoms in total. The zero-order valence-electron chi connectivity index (χ0n) is 14.2. The quantitative estimate of drug-likeness (QED) is 0.414. The number of benzene rings is 3. The molecular weight excluding hydrogens is 302 g/mol. The summed E-state index contributed by atoms with van der Waals surface area (Å²) in [6, 6.07) is 29.5. The molecule has 0 saturated carbocycles. The average molecular weight is 321 g/mol. The van der Waals surface area contributed by atoms with E-state index in [4.69, 9.17) is 4.98 Å². The Morgan fingerprint density at radius 2 is 1.20 bits per heavy atom. The predicted molar refractivity (Wildman–Crippen MR) is 107 cm³/mol. The minimum absolute atomic E-state index is 1.01. The molecule has 0 bridgehead atoms. The van der Waals surface area contributed by atoms with Gasteiger partial charge in [-0.3, -0.25) is 0 Å². The summed E-state index contributed by atoms with van der Waals surface area (Å²) in [6.07, 6.45) is 4.13. The predicted octanol–water partition coefficient (Wildman–Crippen LogP) is 6.60. The highest BCUT2D eigenvalue weighted by Crippen LogP contribution is 2.38. The smallest absolute Gasteiger partial charge is 0.0794 e. The van der Waals surface area contributed by atoms with Gasteiger partial charge in [0.2, 0.25) is 0 Å². The summed E-state index contributed by atoms with van der Waals surface area (Å²) in [6.45, 7) is 2.03. The molecule has 120 valence electrons. The number of aromatic nitrogens is 1. The second-order valence-corrected chi connectivity index (χ2v) is 6.00. The summed E-state index contributed by atoms with van der Waals surface area (Å²) < 4.78 is 0. The molecule has 0 unspecified atom stereocenters. The SMILES string of the molecule is C/C=C\c1nc(-c2ccccc2)c(-c2ccccc2)c2ccccc12. The van der Waals surface area contributed by atoms with Crippen molar-refractivity contribution in [3.8, 4) is 22.4 Å². The van der Waals surface area contributed by atoms with Crippen LogP contribution in [0, 0.1) is 0 Å². The molecule has 1 heterocycles. The maximum absolute atomic E-state index is 5.05. The van der Waals surface area contributed by atoms with E-state index in [1.807, 2.05) is 19.1 Å². The van der Waals surface area contributed by atoms with Gasteiger partial charge < -0.3 is 0 Å². The van der Waals surface area contributed by atoms with Crippen molar-refractivity contribution in [3.63, 3.8) is 0 Å². The fourth-order valence-corrected chi connectivity index (χ4v) is 3.28. The Bertz CT molecular complexity index is 1030. The van der Waals surface area contributed by atoms with Gasteiger partial charge in [-0.05, 0) is 23.9 Å². The molecule has 25 heavy (non-hydrogen) atoms. The van der Waals surface area contributed by atoms with E-state index in [9.17, 15) is 0 Å². The molecular formula is C24H19N. The molecule has 0 spiro atoms. The number of pyridine rings is 1. The Morgan fingerprint density at radius 3 is 1.84 bits per heavy atom. The lowest BCUT2D eigenvalue weighted by Crippen LogP contribution is -1.95. The van der Waals surface area contributed by atoms with E-state index < -0.39 is 0 Å². The van der Waals surface area contributed by atoms with Crippen LogP contribution in [0.15, 0.2) is 91.0 Å². The molecule has 0 atom stereocenters. The first-order chi connectivity index (χ1) is 12.4. The first-order valence-corrected chi connectivity index (χ1v) is 8.55. The monoisotopic (exact) mass is 321 g/mol. The third-order valence-electron chi connectivity index (χ3n) is 4.38. The van der Waals surface area contributed by atoms with Gasteiger partial charge >= 0.3 is 0 Å². The summed E-state index contributed by atoms with van der Waals surface area (Å²) in [5, 5.41) is 2.41. The first kappa shape index (κ1) is 15.3. The van der Waals surface area contributed by atoms with E-state index in [2.05, 4.69) is 84.9 Å². The maximum Gasteiger partial charge on any atom is 0.0794 e. The molecule has 0 fully saturated rings. The molecule has 0 aliphatic heterocycles. The van der Waals surface area contributed by atoms with Crippen molar-refractivity contribution in [1.82, 2.24) is 4.98 Å². The fourth-order valence-electron chi connectivity index (χ4n) is 3.28. The van der Waals surface area contributed by atoms with Crippen LogP contribution in [0.2, 0.25) is 0 Å². The zero-order valence-corrected chi connectivity index (χ0v) is 14.2. The highest BCUT2D eigenvalue weighted by Gasteiger charge is 2.15. The molecule has 0 aliphatic carbocycles. The Hall–Kier alpha value is -3.19. The van der Waals surface area contributed by atoms with Crippen LogP contribution in [-0.2, 0) is 0 Å². The normalized spacial score (nSPS) is 11.2. The van der Waals surface area contributed by atoms with Crippen molar-refractivity contribution in [1.29, 1.82) is 0 Å². The Morgan fingerprint density at radius 1 is 0.640 bits per heavy atom. The van der Waals surface area contributed by atoms with Gasteiger partial charge in [-0.15, -0.1) is 0 Å².